The number of aryl methyl sites for hydroxylation is 1. The summed E-state index contributed by atoms with van der Waals surface area (Å²) in [5.74, 6) is 0.354. The first-order valence-electron chi connectivity index (χ1n) is 9.69. The summed E-state index contributed by atoms with van der Waals surface area (Å²) in [5.41, 5.74) is 1.05. The highest BCUT2D eigenvalue weighted by Crippen LogP contribution is 2.35. The molecule has 0 saturated carbocycles. The van der Waals surface area contributed by atoms with Crippen molar-refractivity contribution >= 4 is 5.91 Å². The Labute approximate surface area is 159 Å². The van der Waals surface area contributed by atoms with Crippen molar-refractivity contribution in [3.63, 3.8) is 0 Å². The number of rotatable bonds is 6. The molecule has 7 heteroatoms. The van der Waals surface area contributed by atoms with Crippen LogP contribution in [-0.4, -0.2) is 44.1 Å². The maximum Gasteiger partial charge on any atom is 0.247 e. The molecule has 1 saturated heterocycles. The van der Waals surface area contributed by atoms with Gasteiger partial charge in [0.2, 0.25) is 5.91 Å². The van der Waals surface area contributed by atoms with Crippen LogP contribution >= 0.6 is 0 Å². The summed E-state index contributed by atoms with van der Waals surface area (Å²) in [6.45, 7) is 7.78. The number of tetrazole rings is 1. The molecule has 1 aromatic carbocycles. The quantitative estimate of drug-likeness (QED) is 0.779. The van der Waals surface area contributed by atoms with Gasteiger partial charge in [0.1, 0.15) is 17.7 Å². The van der Waals surface area contributed by atoms with Gasteiger partial charge in [-0.1, -0.05) is 32.4 Å². The number of benzene rings is 1. The van der Waals surface area contributed by atoms with E-state index in [1.807, 2.05) is 4.90 Å². The van der Waals surface area contributed by atoms with Gasteiger partial charge in [-0.05, 0) is 59.7 Å². The number of likely N-dealkylation sites (tertiary alicyclic amines) is 1. The lowest BCUT2D eigenvalue weighted by Gasteiger charge is -2.41. The number of amides is 1. The highest BCUT2D eigenvalue weighted by atomic mass is 19.1. The molecule has 6 nitrogen and oxygen atoms in total. The van der Waals surface area contributed by atoms with Gasteiger partial charge < -0.3 is 4.90 Å². The molecule has 146 valence electrons. The topological polar surface area (TPSA) is 63.9 Å². The zero-order valence-corrected chi connectivity index (χ0v) is 16.4. The molecule has 1 aliphatic heterocycles. The fourth-order valence-corrected chi connectivity index (χ4v) is 4.17. The van der Waals surface area contributed by atoms with E-state index in [1.165, 1.54) is 12.1 Å². The van der Waals surface area contributed by atoms with Crippen LogP contribution in [0.15, 0.2) is 24.3 Å². The third-order valence-electron chi connectivity index (χ3n) is 5.53. The number of carbonyl (C=O) groups excluding carboxylic acids is 1. The van der Waals surface area contributed by atoms with Crippen molar-refractivity contribution in [1.29, 1.82) is 0 Å². The molecule has 1 aromatic heterocycles. The summed E-state index contributed by atoms with van der Waals surface area (Å²) in [4.78, 5) is 15.4. The smallest absolute Gasteiger partial charge is 0.247 e. The fourth-order valence-electron chi connectivity index (χ4n) is 4.17. The summed E-state index contributed by atoms with van der Waals surface area (Å²) >= 11 is 0. The minimum absolute atomic E-state index is 0.0387. The molecule has 0 N–H and O–H groups in total. The van der Waals surface area contributed by atoms with E-state index in [0.717, 1.165) is 44.3 Å². The van der Waals surface area contributed by atoms with Crippen LogP contribution in [0.3, 0.4) is 0 Å². The van der Waals surface area contributed by atoms with Crippen LogP contribution in [0.1, 0.15) is 57.0 Å². The van der Waals surface area contributed by atoms with Crippen molar-refractivity contribution in [2.75, 3.05) is 13.1 Å². The number of nitrogens with zero attached hydrogens (tertiary/aromatic N) is 5. The van der Waals surface area contributed by atoms with E-state index in [2.05, 4.69) is 29.4 Å². The summed E-state index contributed by atoms with van der Waals surface area (Å²) in [6.07, 6.45) is 4.83. The van der Waals surface area contributed by atoms with Crippen molar-refractivity contribution < 1.29 is 9.18 Å². The van der Waals surface area contributed by atoms with Crippen LogP contribution in [0, 0.1) is 18.2 Å². The second-order valence-corrected chi connectivity index (χ2v) is 7.94. The predicted molar refractivity (Wildman–Crippen MR) is 101 cm³/mol. The van der Waals surface area contributed by atoms with Crippen LogP contribution in [-0.2, 0) is 11.2 Å². The van der Waals surface area contributed by atoms with E-state index in [0.29, 0.717) is 12.2 Å². The van der Waals surface area contributed by atoms with Crippen LogP contribution in [0.25, 0.3) is 0 Å². The predicted octanol–water partition coefficient (Wildman–Crippen LogP) is 3.33. The van der Waals surface area contributed by atoms with Crippen LogP contribution in [0.4, 0.5) is 4.39 Å². The molecule has 27 heavy (non-hydrogen) atoms. The molecular formula is C20H28FN5O. The van der Waals surface area contributed by atoms with Gasteiger partial charge in [-0.2, -0.15) is 0 Å². The average molecular weight is 373 g/mol. The van der Waals surface area contributed by atoms with Crippen molar-refractivity contribution in [3.05, 3.63) is 41.5 Å². The molecule has 0 spiro atoms. The number of piperidine rings is 1. The lowest BCUT2D eigenvalue weighted by Crippen LogP contribution is -2.48. The Morgan fingerprint density at radius 3 is 2.70 bits per heavy atom. The molecule has 2 atom stereocenters. The maximum absolute atomic E-state index is 13.4. The zero-order valence-electron chi connectivity index (χ0n) is 16.4. The lowest BCUT2D eigenvalue weighted by atomic mass is 9.78. The Balaban J connectivity index is 1.84. The summed E-state index contributed by atoms with van der Waals surface area (Å²) in [5, 5.41) is 11.7. The summed E-state index contributed by atoms with van der Waals surface area (Å²) in [7, 11) is 0. The monoisotopic (exact) mass is 373 g/mol. The SMILES string of the molecule is CCC[C@]1(C)CCCN(C(=O)[C@@H](Cc2ccc(F)cc2)n2nnnc2C)C1. The summed E-state index contributed by atoms with van der Waals surface area (Å²) in [6, 6.07) is 5.75. The first-order chi connectivity index (χ1) is 12.9. The average Bonchev–Trinajstić information content (AvgIpc) is 3.06. The minimum Gasteiger partial charge on any atom is -0.340 e. The summed E-state index contributed by atoms with van der Waals surface area (Å²) < 4.78 is 14.9. The molecule has 0 bridgehead atoms. The first-order valence-corrected chi connectivity index (χ1v) is 9.69. The normalized spacial score (nSPS) is 21.3. The number of hydrogen-bond acceptors (Lipinski definition) is 4. The van der Waals surface area contributed by atoms with E-state index in [1.54, 1.807) is 23.7 Å². The Hall–Kier alpha value is -2.31. The van der Waals surface area contributed by atoms with Gasteiger partial charge >= 0.3 is 0 Å². The molecule has 1 amide bonds. The molecule has 1 aliphatic rings. The number of carbonyl (C=O) groups is 1. The molecule has 2 heterocycles. The molecule has 1 fully saturated rings. The van der Waals surface area contributed by atoms with Gasteiger partial charge in [0.05, 0.1) is 0 Å². The third kappa shape index (κ3) is 4.51. The number of aromatic nitrogens is 4. The van der Waals surface area contributed by atoms with E-state index >= 15 is 0 Å². The molecule has 0 aliphatic carbocycles. The van der Waals surface area contributed by atoms with Gasteiger partial charge in [0.15, 0.2) is 0 Å². The fraction of sp³-hybridized carbons (Fsp3) is 0.600. The molecule has 3 rings (SSSR count). The van der Waals surface area contributed by atoms with E-state index < -0.39 is 6.04 Å². The van der Waals surface area contributed by atoms with Gasteiger partial charge in [-0.15, -0.1) is 5.10 Å². The van der Waals surface area contributed by atoms with Crippen molar-refractivity contribution in [2.45, 2.75) is 58.9 Å². The highest BCUT2D eigenvalue weighted by molar-refractivity contribution is 5.81. The van der Waals surface area contributed by atoms with Gasteiger partial charge in [-0.3, -0.25) is 4.79 Å². The zero-order chi connectivity index (χ0) is 19.4. The van der Waals surface area contributed by atoms with Crippen LogP contribution in [0.2, 0.25) is 0 Å². The number of hydrogen-bond donors (Lipinski definition) is 0. The molecule has 2 aromatic rings. The molecular weight excluding hydrogens is 345 g/mol. The highest BCUT2D eigenvalue weighted by Gasteiger charge is 2.36. The maximum atomic E-state index is 13.4. The second kappa shape index (κ2) is 8.15. The Bertz CT molecular complexity index is 771. The van der Waals surface area contributed by atoms with Crippen LogP contribution < -0.4 is 0 Å². The molecule has 0 radical (unpaired) electrons. The van der Waals surface area contributed by atoms with E-state index in [4.69, 9.17) is 0 Å². The van der Waals surface area contributed by atoms with E-state index in [9.17, 15) is 9.18 Å². The van der Waals surface area contributed by atoms with E-state index in [-0.39, 0.29) is 17.1 Å². The van der Waals surface area contributed by atoms with Crippen molar-refractivity contribution in [1.82, 2.24) is 25.1 Å². The second-order valence-electron chi connectivity index (χ2n) is 7.94. The molecule has 0 unspecified atom stereocenters. The third-order valence-corrected chi connectivity index (χ3v) is 5.53. The van der Waals surface area contributed by atoms with Gasteiger partial charge in [-0.25, -0.2) is 9.07 Å². The van der Waals surface area contributed by atoms with Crippen molar-refractivity contribution in [2.24, 2.45) is 5.41 Å². The Morgan fingerprint density at radius 1 is 1.33 bits per heavy atom. The largest absolute Gasteiger partial charge is 0.340 e. The number of halogens is 1. The van der Waals surface area contributed by atoms with Gasteiger partial charge in [0, 0.05) is 19.5 Å². The van der Waals surface area contributed by atoms with Gasteiger partial charge in [0.25, 0.3) is 0 Å². The lowest BCUT2D eigenvalue weighted by molar-refractivity contribution is -0.138. The van der Waals surface area contributed by atoms with Crippen LogP contribution in [0.5, 0.6) is 0 Å². The minimum atomic E-state index is -0.519. The first kappa shape index (κ1) is 19.5. The Kier molecular flexibility index (Phi) is 5.87. The Morgan fingerprint density at radius 2 is 2.07 bits per heavy atom. The standard InChI is InChI=1S/C20H28FN5O/c1-4-10-20(3)11-5-12-25(14-20)19(27)18(26-15(2)22-23-24-26)13-16-6-8-17(21)9-7-16/h6-9,18H,4-5,10-14H2,1-3H3/t18-,20-/m1/s1. The van der Waals surface area contributed by atoms with Crippen molar-refractivity contribution in [3.8, 4) is 0 Å².